The molecule has 2 aliphatic rings. The fraction of sp³-hybridized carbons (Fsp3) is 0.667. The zero-order valence-corrected chi connectivity index (χ0v) is 15.7. The summed E-state index contributed by atoms with van der Waals surface area (Å²) < 4.78 is 5.08. The number of piperazine rings is 1. The van der Waals surface area contributed by atoms with Crippen molar-refractivity contribution in [2.75, 3.05) is 45.9 Å². The number of piperidine rings is 1. The minimum absolute atomic E-state index is 0.190. The van der Waals surface area contributed by atoms with E-state index in [0.29, 0.717) is 19.1 Å². The normalized spacial score (nSPS) is 19.9. The van der Waals surface area contributed by atoms with Crippen LogP contribution in [0.5, 0.6) is 0 Å². The van der Waals surface area contributed by atoms with E-state index in [2.05, 4.69) is 4.90 Å². The SMILES string of the molecule is CCOC(=O)N1CCC(N2CCN(C(=O)Cc3cccs3)CC2)CC1. The number of rotatable bonds is 4. The smallest absolute Gasteiger partial charge is 0.409 e. The van der Waals surface area contributed by atoms with Gasteiger partial charge in [-0.1, -0.05) is 6.07 Å². The summed E-state index contributed by atoms with van der Waals surface area (Å²) in [5.41, 5.74) is 0. The standard InChI is InChI=1S/C18H27N3O3S/c1-2-24-18(23)21-7-5-15(6-8-21)19-9-11-20(12-10-19)17(22)14-16-4-3-13-25-16/h3-4,13,15H,2,5-12,14H2,1H3. The number of likely N-dealkylation sites (tertiary alicyclic amines) is 1. The molecule has 0 saturated carbocycles. The Labute approximate surface area is 153 Å². The number of ether oxygens (including phenoxy) is 1. The highest BCUT2D eigenvalue weighted by atomic mass is 32.1. The van der Waals surface area contributed by atoms with Gasteiger partial charge in [-0.3, -0.25) is 9.69 Å². The largest absolute Gasteiger partial charge is 0.450 e. The summed E-state index contributed by atoms with van der Waals surface area (Å²) in [6.07, 6.45) is 2.31. The maximum atomic E-state index is 12.4. The van der Waals surface area contributed by atoms with Crippen molar-refractivity contribution >= 4 is 23.3 Å². The molecule has 3 heterocycles. The average Bonchev–Trinajstić information content (AvgIpc) is 3.15. The van der Waals surface area contributed by atoms with Crippen LogP contribution in [-0.4, -0.2) is 78.6 Å². The van der Waals surface area contributed by atoms with Crippen molar-refractivity contribution in [2.45, 2.75) is 32.2 Å². The summed E-state index contributed by atoms with van der Waals surface area (Å²) in [6, 6.07) is 4.53. The lowest BCUT2D eigenvalue weighted by Gasteiger charge is -2.42. The first-order valence-electron chi connectivity index (χ1n) is 9.13. The van der Waals surface area contributed by atoms with E-state index in [4.69, 9.17) is 4.74 Å². The fourth-order valence-electron chi connectivity index (χ4n) is 3.64. The highest BCUT2D eigenvalue weighted by Gasteiger charge is 2.30. The van der Waals surface area contributed by atoms with Gasteiger partial charge in [0.25, 0.3) is 0 Å². The third-order valence-electron chi connectivity index (χ3n) is 5.08. The Bertz CT molecular complexity index is 562. The molecule has 25 heavy (non-hydrogen) atoms. The highest BCUT2D eigenvalue weighted by molar-refractivity contribution is 7.10. The van der Waals surface area contributed by atoms with Crippen LogP contribution in [0.3, 0.4) is 0 Å². The van der Waals surface area contributed by atoms with Gasteiger partial charge in [-0.25, -0.2) is 4.79 Å². The topological polar surface area (TPSA) is 53.1 Å². The van der Waals surface area contributed by atoms with Crippen molar-refractivity contribution in [2.24, 2.45) is 0 Å². The minimum Gasteiger partial charge on any atom is -0.450 e. The second-order valence-electron chi connectivity index (χ2n) is 6.59. The first-order valence-corrected chi connectivity index (χ1v) is 10.0. The Hall–Kier alpha value is -1.60. The molecule has 2 fully saturated rings. The van der Waals surface area contributed by atoms with Crippen molar-refractivity contribution in [3.8, 4) is 0 Å². The van der Waals surface area contributed by atoms with Crippen LogP contribution in [-0.2, 0) is 16.0 Å². The Balaban J connectivity index is 1.41. The second-order valence-corrected chi connectivity index (χ2v) is 7.62. The molecule has 2 amide bonds. The second kappa shape index (κ2) is 8.67. The van der Waals surface area contributed by atoms with Gasteiger partial charge < -0.3 is 14.5 Å². The van der Waals surface area contributed by atoms with E-state index < -0.39 is 0 Å². The molecule has 0 aromatic carbocycles. The number of hydrogen-bond donors (Lipinski definition) is 0. The van der Waals surface area contributed by atoms with Crippen molar-refractivity contribution < 1.29 is 14.3 Å². The van der Waals surface area contributed by atoms with E-state index in [1.807, 2.05) is 29.3 Å². The van der Waals surface area contributed by atoms with Crippen LogP contribution in [0, 0.1) is 0 Å². The Morgan fingerprint density at radius 1 is 1.12 bits per heavy atom. The molecule has 0 N–H and O–H groups in total. The van der Waals surface area contributed by atoms with Crippen molar-refractivity contribution in [1.82, 2.24) is 14.7 Å². The lowest BCUT2D eigenvalue weighted by atomic mass is 10.0. The van der Waals surface area contributed by atoms with E-state index in [-0.39, 0.29) is 12.0 Å². The number of thiophene rings is 1. The molecular formula is C18H27N3O3S. The first kappa shape index (κ1) is 18.2. The molecule has 0 radical (unpaired) electrons. The molecule has 1 aromatic heterocycles. The Morgan fingerprint density at radius 2 is 1.84 bits per heavy atom. The number of amides is 2. The zero-order chi connectivity index (χ0) is 17.6. The third-order valence-corrected chi connectivity index (χ3v) is 5.96. The Kier molecular flexibility index (Phi) is 6.31. The van der Waals surface area contributed by atoms with Crippen molar-refractivity contribution in [1.29, 1.82) is 0 Å². The first-order chi connectivity index (χ1) is 12.2. The van der Waals surface area contributed by atoms with E-state index >= 15 is 0 Å². The fourth-order valence-corrected chi connectivity index (χ4v) is 4.33. The molecule has 2 saturated heterocycles. The maximum Gasteiger partial charge on any atom is 0.409 e. The molecular weight excluding hydrogens is 338 g/mol. The number of carbonyl (C=O) groups excluding carboxylic acids is 2. The molecule has 3 rings (SSSR count). The number of hydrogen-bond acceptors (Lipinski definition) is 5. The van der Waals surface area contributed by atoms with E-state index in [1.165, 1.54) is 0 Å². The van der Waals surface area contributed by atoms with Gasteiger partial charge in [0, 0.05) is 50.2 Å². The van der Waals surface area contributed by atoms with Crippen LogP contribution in [0.25, 0.3) is 0 Å². The number of carbonyl (C=O) groups is 2. The van der Waals surface area contributed by atoms with Crippen LogP contribution in [0.4, 0.5) is 4.79 Å². The quantitative estimate of drug-likeness (QED) is 0.820. The van der Waals surface area contributed by atoms with Gasteiger partial charge in [-0.2, -0.15) is 0 Å². The minimum atomic E-state index is -0.190. The molecule has 0 unspecified atom stereocenters. The molecule has 0 spiro atoms. The summed E-state index contributed by atoms with van der Waals surface area (Å²) in [4.78, 5) is 31.6. The molecule has 1 aromatic rings. The molecule has 6 nitrogen and oxygen atoms in total. The van der Waals surface area contributed by atoms with Gasteiger partial charge in [0.2, 0.25) is 5.91 Å². The van der Waals surface area contributed by atoms with Crippen LogP contribution in [0.1, 0.15) is 24.6 Å². The summed E-state index contributed by atoms with van der Waals surface area (Å²) in [7, 11) is 0. The molecule has 2 aliphatic heterocycles. The molecule has 7 heteroatoms. The van der Waals surface area contributed by atoms with Gasteiger partial charge in [0.15, 0.2) is 0 Å². The van der Waals surface area contributed by atoms with Crippen LogP contribution >= 0.6 is 11.3 Å². The van der Waals surface area contributed by atoms with Crippen molar-refractivity contribution in [3.63, 3.8) is 0 Å². The van der Waals surface area contributed by atoms with Gasteiger partial charge >= 0.3 is 6.09 Å². The number of nitrogens with zero attached hydrogens (tertiary/aromatic N) is 3. The predicted octanol–water partition coefficient (Wildman–Crippen LogP) is 2.06. The maximum absolute atomic E-state index is 12.4. The predicted molar refractivity (Wildman–Crippen MR) is 97.8 cm³/mol. The average molecular weight is 365 g/mol. The lowest BCUT2D eigenvalue weighted by Crippen LogP contribution is -2.55. The molecule has 138 valence electrons. The highest BCUT2D eigenvalue weighted by Crippen LogP contribution is 2.19. The summed E-state index contributed by atoms with van der Waals surface area (Å²) in [5, 5.41) is 2.02. The van der Waals surface area contributed by atoms with Gasteiger partial charge in [-0.05, 0) is 31.2 Å². The monoisotopic (exact) mass is 365 g/mol. The lowest BCUT2D eigenvalue weighted by molar-refractivity contribution is -0.132. The van der Waals surface area contributed by atoms with Crippen molar-refractivity contribution in [3.05, 3.63) is 22.4 Å². The van der Waals surface area contributed by atoms with Crippen LogP contribution in [0.15, 0.2) is 17.5 Å². The molecule has 0 bridgehead atoms. The van der Waals surface area contributed by atoms with E-state index in [9.17, 15) is 9.59 Å². The third kappa shape index (κ3) is 4.73. The van der Waals surface area contributed by atoms with E-state index in [0.717, 1.165) is 57.0 Å². The van der Waals surface area contributed by atoms with Gasteiger partial charge in [-0.15, -0.1) is 11.3 Å². The Morgan fingerprint density at radius 3 is 2.44 bits per heavy atom. The van der Waals surface area contributed by atoms with Gasteiger partial charge in [0.05, 0.1) is 13.0 Å². The molecule has 0 aliphatic carbocycles. The van der Waals surface area contributed by atoms with Gasteiger partial charge in [0.1, 0.15) is 0 Å². The summed E-state index contributed by atoms with van der Waals surface area (Å²) >= 11 is 1.64. The summed E-state index contributed by atoms with van der Waals surface area (Å²) in [6.45, 7) is 7.28. The van der Waals surface area contributed by atoms with Crippen LogP contribution < -0.4 is 0 Å². The molecule has 0 atom stereocenters. The van der Waals surface area contributed by atoms with E-state index in [1.54, 1.807) is 16.2 Å². The van der Waals surface area contributed by atoms with Crippen LogP contribution in [0.2, 0.25) is 0 Å². The summed E-state index contributed by atoms with van der Waals surface area (Å²) in [5.74, 6) is 0.235. The zero-order valence-electron chi connectivity index (χ0n) is 14.9.